The minimum atomic E-state index is -3.68. The maximum absolute atomic E-state index is 13.6. The Balaban J connectivity index is 0.00000144. The van der Waals surface area contributed by atoms with Gasteiger partial charge in [0, 0.05) is 37.1 Å². The van der Waals surface area contributed by atoms with Gasteiger partial charge in [-0.2, -0.15) is 4.31 Å². The molecule has 1 fully saturated rings. The molecule has 2 N–H and O–H groups in total. The maximum atomic E-state index is 13.6. The van der Waals surface area contributed by atoms with E-state index in [0.717, 1.165) is 24.0 Å². The molecule has 9 heteroatoms. The highest BCUT2D eigenvalue weighted by Gasteiger charge is 2.36. The van der Waals surface area contributed by atoms with Gasteiger partial charge in [-0.1, -0.05) is 62.4 Å². The summed E-state index contributed by atoms with van der Waals surface area (Å²) in [5, 5.41) is 0.533. The molecule has 1 saturated carbocycles. The molecule has 1 aromatic heterocycles. The Hall–Kier alpha value is -3.82. The number of hydrogen-bond donors (Lipinski definition) is 1. The molecule has 1 amide bonds. The summed E-state index contributed by atoms with van der Waals surface area (Å²) in [6.45, 7) is 4.99. The van der Waals surface area contributed by atoms with Crippen molar-refractivity contribution in [2.75, 3.05) is 12.8 Å². The van der Waals surface area contributed by atoms with Crippen LogP contribution in [0.15, 0.2) is 71.6 Å². The Morgan fingerprint density at radius 2 is 1.58 bits per heavy atom. The minimum Gasteiger partial charge on any atom is -0.368 e. The molecule has 3 aromatic carbocycles. The van der Waals surface area contributed by atoms with Gasteiger partial charge in [-0.15, -0.1) is 0 Å². The maximum Gasteiger partial charge on any atom is 0.273 e. The van der Waals surface area contributed by atoms with E-state index in [2.05, 4.69) is 9.97 Å². The molecule has 1 aliphatic carbocycles. The van der Waals surface area contributed by atoms with Crippen LogP contribution in [0.5, 0.6) is 0 Å². The molecule has 0 unspecified atom stereocenters. The first-order chi connectivity index (χ1) is 18.3. The van der Waals surface area contributed by atoms with Crippen LogP contribution in [0.3, 0.4) is 0 Å². The molecule has 2 heterocycles. The van der Waals surface area contributed by atoms with E-state index in [0.29, 0.717) is 35.1 Å². The van der Waals surface area contributed by atoms with Crippen LogP contribution < -0.4 is 5.73 Å². The fourth-order valence-corrected chi connectivity index (χ4v) is 6.45. The van der Waals surface area contributed by atoms with Crippen LogP contribution in [-0.4, -0.2) is 46.6 Å². The Bertz CT molecular complexity index is 1610. The molecule has 196 valence electrons. The lowest BCUT2D eigenvalue weighted by atomic mass is 10.0. The first-order valence-corrected chi connectivity index (χ1v) is 14.3. The molecule has 0 radical (unpaired) electrons. The summed E-state index contributed by atoms with van der Waals surface area (Å²) in [4.78, 5) is 24.2. The van der Waals surface area contributed by atoms with E-state index in [-0.39, 0.29) is 28.5 Å². The van der Waals surface area contributed by atoms with Crippen LogP contribution in [0, 0.1) is 0 Å². The van der Waals surface area contributed by atoms with Gasteiger partial charge >= 0.3 is 0 Å². The highest BCUT2D eigenvalue weighted by Crippen LogP contribution is 2.36. The van der Waals surface area contributed by atoms with Crippen molar-refractivity contribution >= 4 is 32.8 Å². The van der Waals surface area contributed by atoms with E-state index in [1.807, 2.05) is 44.2 Å². The first-order valence-electron chi connectivity index (χ1n) is 12.8. The van der Waals surface area contributed by atoms with E-state index >= 15 is 0 Å². The lowest BCUT2D eigenvalue weighted by molar-refractivity contribution is 0.0747. The average molecular weight is 530 g/mol. The predicted octanol–water partition coefficient (Wildman–Crippen LogP) is 4.84. The number of amides is 1. The van der Waals surface area contributed by atoms with Gasteiger partial charge in [0.25, 0.3) is 5.91 Å². The number of fused-ring (bicyclic) bond motifs is 2. The second kappa shape index (κ2) is 10.2. The molecule has 4 aromatic rings. The van der Waals surface area contributed by atoms with Crippen molar-refractivity contribution in [3.63, 3.8) is 0 Å². The van der Waals surface area contributed by atoms with E-state index in [9.17, 15) is 13.2 Å². The van der Waals surface area contributed by atoms with Gasteiger partial charge < -0.3 is 10.6 Å². The summed E-state index contributed by atoms with van der Waals surface area (Å²) < 4.78 is 28.2. The number of nitrogens with zero attached hydrogens (tertiary/aromatic N) is 4. The number of nitrogen functional groups attached to an aromatic ring is 1. The third-order valence-corrected chi connectivity index (χ3v) is 8.93. The van der Waals surface area contributed by atoms with Crippen LogP contribution in [-0.2, 0) is 23.1 Å². The van der Waals surface area contributed by atoms with Gasteiger partial charge in [-0.05, 0) is 47.7 Å². The van der Waals surface area contributed by atoms with Gasteiger partial charge in [0.1, 0.15) is 5.69 Å². The molecular formula is C29H31N5O3S. The van der Waals surface area contributed by atoms with Crippen molar-refractivity contribution in [2.24, 2.45) is 0 Å². The van der Waals surface area contributed by atoms with Crippen molar-refractivity contribution in [1.29, 1.82) is 0 Å². The largest absolute Gasteiger partial charge is 0.368 e. The summed E-state index contributed by atoms with van der Waals surface area (Å²) in [6, 6.07) is 20.3. The summed E-state index contributed by atoms with van der Waals surface area (Å²) >= 11 is 0. The van der Waals surface area contributed by atoms with Gasteiger partial charge in [0.2, 0.25) is 16.0 Å². The Morgan fingerprint density at radius 3 is 2.24 bits per heavy atom. The van der Waals surface area contributed by atoms with Gasteiger partial charge in [-0.3, -0.25) is 4.79 Å². The van der Waals surface area contributed by atoms with Crippen LogP contribution in [0.25, 0.3) is 22.0 Å². The molecular weight excluding hydrogens is 498 g/mol. The van der Waals surface area contributed by atoms with E-state index < -0.39 is 10.0 Å². The molecule has 2 aliphatic rings. The van der Waals surface area contributed by atoms with Crippen LogP contribution in [0.2, 0.25) is 0 Å². The third-order valence-electron chi connectivity index (χ3n) is 6.96. The highest BCUT2D eigenvalue weighted by molar-refractivity contribution is 7.89. The normalized spacial score (nSPS) is 14.8. The molecule has 6 rings (SSSR count). The smallest absolute Gasteiger partial charge is 0.273 e. The fraction of sp³-hybridized carbons (Fsp3) is 0.276. The lowest BCUT2D eigenvalue weighted by Crippen LogP contribution is -2.29. The van der Waals surface area contributed by atoms with Crippen LogP contribution in [0.4, 0.5) is 5.95 Å². The summed E-state index contributed by atoms with van der Waals surface area (Å²) in [7, 11) is -2.05. The van der Waals surface area contributed by atoms with Crippen LogP contribution >= 0.6 is 0 Å². The van der Waals surface area contributed by atoms with Crippen molar-refractivity contribution in [3.8, 4) is 11.1 Å². The zero-order chi connectivity index (χ0) is 27.0. The SMILES string of the molecule is CC.CN(C1CC1)S(=O)(=O)c1ccccc1-c1ccc2nc(N)nc(C(=O)N3Cc4ccccc4C3)c2c1. The summed E-state index contributed by atoms with van der Waals surface area (Å²) in [6.07, 6.45) is 1.75. The zero-order valence-corrected chi connectivity index (χ0v) is 22.6. The number of aromatic nitrogens is 2. The number of anilines is 1. The van der Waals surface area contributed by atoms with E-state index in [1.54, 1.807) is 48.3 Å². The lowest BCUT2D eigenvalue weighted by Gasteiger charge is -2.19. The topological polar surface area (TPSA) is 109 Å². The van der Waals surface area contributed by atoms with Crippen molar-refractivity contribution < 1.29 is 13.2 Å². The number of carbonyl (C=O) groups excluding carboxylic acids is 1. The minimum absolute atomic E-state index is 0.0179. The average Bonchev–Trinajstić information content (AvgIpc) is 3.70. The second-order valence-corrected chi connectivity index (χ2v) is 11.3. The van der Waals surface area contributed by atoms with Gasteiger partial charge in [0.05, 0.1) is 10.4 Å². The number of benzene rings is 3. The number of carbonyl (C=O) groups is 1. The first kappa shape index (κ1) is 25.8. The molecule has 0 spiro atoms. The second-order valence-electron chi connectivity index (χ2n) is 9.34. The van der Waals surface area contributed by atoms with E-state index in [1.165, 1.54) is 4.31 Å². The highest BCUT2D eigenvalue weighted by atomic mass is 32.2. The molecule has 0 bridgehead atoms. The van der Waals surface area contributed by atoms with E-state index in [4.69, 9.17) is 5.73 Å². The summed E-state index contributed by atoms with van der Waals surface area (Å²) in [5.41, 5.74) is 10.2. The van der Waals surface area contributed by atoms with Crippen molar-refractivity contribution in [1.82, 2.24) is 19.2 Å². The predicted molar refractivity (Wildman–Crippen MR) is 149 cm³/mol. The summed E-state index contributed by atoms with van der Waals surface area (Å²) in [5.74, 6) is -0.221. The standard InChI is InChI=1S/C27H25N5O3S.C2H6/c1-31(20-11-12-20)36(34,35)24-9-5-4-8-21(24)17-10-13-23-22(14-17)25(30-27(28)29-23)26(33)32-15-18-6-2-3-7-19(18)16-32;1-2/h2-10,13-14,20H,11-12,15-16H2,1H3,(H2,28,29,30);1-2H3. The molecule has 8 nitrogen and oxygen atoms in total. The Labute approximate surface area is 223 Å². The zero-order valence-electron chi connectivity index (χ0n) is 21.8. The number of rotatable bonds is 5. The fourth-order valence-electron chi connectivity index (χ4n) is 4.82. The third kappa shape index (κ3) is 4.63. The van der Waals surface area contributed by atoms with Crippen molar-refractivity contribution in [3.05, 3.63) is 83.6 Å². The van der Waals surface area contributed by atoms with Gasteiger partial charge in [-0.25, -0.2) is 18.4 Å². The van der Waals surface area contributed by atoms with Gasteiger partial charge in [0.15, 0.2) is 0 Å². The molecule has 38 heavy (non-hydrogen) atoms. The Kier molecular flexibility index (Phi) is 6.90. The molecule has 0 saturated heterocycles. The Morgan fingerprint density at radius 1 is 0.947 bits per heavy atom. The number of sulfonamides is 1. The van der Waals surface area contributed by atoms with Crippen molar-refractivity contribution in [2.45, 2.75) is 50.7 Å². The molecule has 0 atom stereocenters. The number of hydrogen-bond acceptors (Lipinski definition) is 6. The quantitative estimate of drug-likeness (QED) is 0.396. The number of nitrogens with two attached hydrogens (primary N) is 1. The monoisotopic (exact) mass is 529 g/mol. The molecule has 1 aliphatic heterocycles. The van der Waals surface area contributed by atoms with Crippen LogP contribution in [0.1, 0.15) is 48.3 Å².